The van der Waals surface area contributed by atoms with Crippen molar-refractivity contribution in [3.05, 3.63) is 48.0 Å². The maximum Gasteiger partial charge on any atom is 0.335 e. The van der Waals surface area contributed by atoms with Gasteiger partial charge in [0.2, 0.25) is 6.08 Å². The van der Waals surface area contributed by atoms with Gasteiger partial charge in [0.1, 0.15) is 0 Å². The normalized spacial score (nSPS) is 20.7. The van der Waals surface area contributed by atoms with E-state index in [2.05, 4.69) is 4.99 Å². The first-order valence-electron chi connectivity index (χ1n) is 8.77. The Hall–Kier alpha value is -2.98. The lowest BCUT2D eigenvalue weighted by atomic mass is 9.63. The van der Waals surface area contributed by atoms with Crippen LogP contribution in [-0.2, 0) is 30.3 Å². The molecule has 0 bridgehead atoms. The maximum atomic E-state index is 12.7. The first kappa shape index (κ1) is 18.8. The van der Waals surface area contributed by atoms with Crippen LogP contribution in [-0.4, -0.2) is 37.8 Å². The minimum absolute atomic E-state index is 0.207. The Bertz CT molecular complexity index is 912. The summed E-state index contributed by atoms with van der Waals surface area (Å²) in [7, 11) is 2.61. The number of benzene rings is 2. The topological polar surface area (TPSA) is 82.0 Å². The minimum Gasteiger partial charge on any atom is -0.469 e. The van der Waals surface area contributed by atoms with Crippen molar-refractivity contribution in [1.29, 1.82) is 0 Å². The summed E-state index contributed by atoms with van der Waals surface area (Å²) in [6.07, 6.45) is 2.59. The molecule has 140 valence electrons. The third-order valence-electron chi connectivity index (χ3n) is 5.42. The number of esters is 2. The molecule has 6 nitrogen and oxygen atoms in total. The molecule has 2 aromatic rings. The van der Waals surface area contributed by atoms with E-state index >= 15 is 0 Å². The van der Waals surface area contributed by atoms with Crippen LogP contribution in [0.5, 0.6) is 0 Å². The standard InChI is InChI=1S/C21H21NO5/c1-26-19(24)17-10-18(11-17)21(22-13-23,20(25)27-2)12-14-7-8-15-5-3-4-6-16(15)9-14/h3-9,17-18H,10-12H2,1-2H3/t17-,18+,21?. The van der Waals surface area contributed by atoms with Gasteiger partial charge in [-0.15, -0.1) is 0 Å². The molecule has 0 spiro atoms. The molecule has 6 heteroatoms. The second kappa shape index (κ2) is 7.72. The van der Waals surface area contributed by atoms with E-state index in [1.807, 2.05) is 42.5 Å². The Kier molecular flexibility index (Phi) is 5.38. The monoisotopic (exact) mass is 367 g/mol. The molecule has 1 aliphatic carbocycles. The fourth-order valence-electron chi connectivity index (χ4n) is 3.84. The van der Waals surface area contributed by atoms with Gasteiger partial charge in [-0.1, -0.05) is 42.5 Å². The van der Waals surface area contributed by atoms with E-state index in [0.29, 0.717) is 12.8 Å². The predicted octanol–water partition coefficient (Wildman–Crippen LogP) is 2.83. The number of nitrogens with zero attached hydrogens (tertiary/aromatic N) is 1. The molecule has 0 amide bonds. The van der Waals surface area contributed by atoms with Gasteiger partial charge in [0.15, 0.2) is 5.54 Å². The zero-order valence-electron chi connectivity index (χ0n) is 15.3. The van der Waals surface area contributed by atoms with Gasteiger partial charge in [-0.25, -0.2) is 9.59 Å². The highest BCUT2D eigenvalue weighted by Crippen LogP contribution is 2.45. The molecule has 3 rings (SSSR count). The number of methoxy groups -OCH3 is 2. The van der Waals surface area contributed by atoms with Crippen molar-refractivity contribution in [1.82, 2.24) is 0 Å². The van der Waals surface area contributed by atoms with E-state index < -0.39 is 11.5 Å². The molecule has 1 aliphatic rings. The molecule has 1 atom stereocenters. The maximum absolute atomic E-state index is 12.7. The average molecular weight is 367 g/mol. The second-order valence-electron chi connectivity index (χ2n) is 6.87. The van der Waals surface area contributed by atoms with Crippen molar-refractivity contribution >= 4 is 28.8 Å². The molecule has 27 heavy (non-hydrogen) atoms. The van der Waals surface area contributed by atoms with Crippen LogP contribution in [0.15, 0.2) is 47.5 Å². The van der Waals surface area contributed by atoms with E-state index in [4.69, 9.17) is 9.47 Å². The molecule has 0 radical (unpaired) electrons. The molecule has 0 heterocycles. The number of isocyanates is 1. The smallest absolute Gasteiger partial charge is 0.335 e. The number of rotatable bonds is 6. The van der Waals surface area contributed by atoms with E-state index in [9.17, 15) is 14.4 Å². The number of carbonyl (C=O) groups is 2. The van der Waals surface area contributed by atoms with E-state index in [1.165, 1.54) is 14.2 Å². The highest BCUT2D eigenvalue weighted by Gasteiger charge is 2.54. The Balaban J connectivity index is 1.95. The third-order valence-corrected chi connectivity index (χ3v) is 5.42. The predicted molar refractivity (Wildman–Crippen MR) is 98.8 cm³/mol. The summed E-state index contributed by atoms with van der Waals surface area (Å²) in [4.78, 5) is 39.5. The fourth-order valence-corrected chi connectivity index (χ4v) is 3.84. The fraction of sp³-hybridized carbons (Fsp3) is 0.381. The summed E-state index contributed by atoms with van der Waals surface area (Å²) >= 11 is 0. The van der Waals surface area contributed by atoms with Crippen LogP contribution in [0, 0.1) is 11.8 Å². The van der Waals surface area contributed by atoms with Crippen molar-refractivity contribution < 1.29 is 23.9 Å². The quantitative estimate of drug-likeness (QED) is 0.445. The summed E-state index contributed by atoms with van der Waals surface area (Å²) < 4.78 is 9.74. The number of aliphatic imine (C=N–C) groups is 1. The number of hydrogen-bond acceptors (Lipinski definition) is 6. The lowest BCUT2D eigenvalue weighted by molar-refractivity contribution is -0.159. The lowest BCUT2D eigenvalue weighted by Crippen LogP contribution is -2.53. The summed E-state index contributed by atoms with van der Waals surface area (Å²) in [6, 6.07) is 13.7. The molecule has 0 aromatic heterocycles. The summed E-state index contributed by atoms with van der Waals surface area (Å²) in [5, 5.41) is 2.11. The summed E-state index contributed by atoms with van der Waals surface area (Å²) in [5.74, 6) is -1.48. The molecular weight excluding hydrogens is 346 g/mol. The molecule has 0 aliphatic heterocycles. The first-order chi connectivity index (χ1) is 13.0. The highest BCUT2D eigenvalue weighted by atomic mass is 16.5. The van der Waals surface area contributed by atoms with E-state index in [1.54, 1.807) is 6.08 Å². The van der Waals surface area contributed by atoms with Crippen molar-refractivity contribution in [3.63, 3.8) is 0 Å². The molecule has 1 saturated carbocycles. The third kappa shape index (κ3) is 3.49. The van der Waals surface area contributed by atoms with Crippen LogP contribution in [0.2, 0.25) is 0 Å². The Labute approximate surface area is 157 Å². The highest BCUT2D eigenvalue weighted by molar-refractivity contribution is 5.86. The van der Waals surface area contributed by atoms with Crippen LogP contribution < -0.4 is 0 Å². The van der Waals surface area contributed by atoms with E-state index in [-0.39, 0.29) is 24.2 Å². The van der Waals surface area contributed by atoms with Gasteiger partial charge in [0.25, 0.3) is 0 Å². The number of carbonyl (C=O) groups excluding carboxylic acids is 3. The molecule has 1 unspecified atom stereocenters. The molecular formula is C21H21NO5. The van der Waals surface area contributed by atoms with Crippen molar-refractivity contribution in [3.8, 4) is 0 Å². The minimum atomic E-state index is -1.39. The van der Waals surface area contributed by atoms with Crippen molar-refractivity contribution in [2.24, 2.45) is 16.8 Å². The van der Waals surface area contributed by atoms with Gasteiger partial charge in [0, 0.05) is 6.42 Å². The van der Waals surface area contributed by atoms with Crippen LogP contribution in [0.25, 0.3) is 10.8 Å². The summed E-state index contributed by atoms with van der Waals surface area (Å²) in [5.41, 5.74) is -0.525. The van der Waals surface area contributed by atoms with Crippen LogP contribution >= 0.6 is 0 Å². The van der Waals surface area contributed by atoms with Gasteiger partial charge in [-0.05, 0) is 35.1 Å². The van der Waals surface area contributed by atoms with Crippen LogP contribution in [0.3, 0.4) is 0 Å². The van der Waals surface area contributed by atoms with Gasteiger partial charge >= 0.3 is 11.9 Å². The molecule has 1 fully saturated rings. The number of ether oxygens (including phenoxy) is 2. The summed E-state index contributed by atoms with van der Waals surface area (Å²) in [6.45, 7) is 0. The second-order valence-corrected chi connectivity index (χ2v) is 6.87. The molecule has 0 N–H and O–H groups in total. The average Bonchev–Trinajstić information content (AvgIpc) is 2.65. The number of fused-ring (bicyclic) bond motifs is 1. The SMILES string of the molecule is COC(=O)C(Cc1ccc2ccccc2c1)(N=C=O)[C@H]1C[C@@H](C(=O)OC)C1. The van der Waals surface area contributed by atoms with Gasteiger partial charge in [0.05, 0.1) is 20.1 Å². The zero-order valence-corrected chi connectivity index (χ0v) is 15.3. The largest absolute Gasteiger partial charge is 0.469 e. The first-order valence-corrected chi connectivity index (χ1v) is 8.77. The van der Waals surface area contributed by atoms with Crippen LogP contribution in [0.4, 0.5) is 0 Å². The van der Waals surface area contributed by atoms with Gasteiger partial charge < -0.3 is 9.47 Å². The van der Waals surface area contributed by atoms with Crippen molar-refractivity contribution in [2.75, 3.05) is 14.2 Å². The number of hydrogen-bond donors (Lipinski definition) is 0. The molecule has 0 saturated heterocycles. The van der Waals surface area contributed by atoms with Crippen molar-refractivity contribution in [2.45, 2.75) is 24.8 Å². The molecule has 2 aromatic carbocycles. The lowest BCUT2D eigenvalue weighted by Gasteiger charge is -2.43. The van der Waals surface area contributed by atoms with Crippen LogP contribution in [0.1, 0.15) is 18.4 Å². The van der Waals surface area contributed by atoms with E-state index in [0.717, 1.165) is 16.3 Å². The zero-order chi connectivity index (χ0) is 19.4. The Morgan fingerprint density at radius 1 is 1.11 bits per heavy atom. The Morgan fingerprint density at radius 3 is 2.44 bits per heavy atom. The Morgan fingerprint density at radius 2 is 1.81 bits per heavy atom. The van der Waals surface area contributed by atoms with Gasteiger partial charge in [-0.2, -0.15) is 4.99 Å². The van der Waals surface area contributed by atoms with Gasteiger partial charge in [-0.3, -0.25) is 4.79 Å².